The zero-order valence-corrected chi connectivity index (χ0v) is 26.9. The van der Waals surface area contributed by atoms with Crippen LogP contribution >= 0.6 is 0 Å². The Morgan fingerprint density at radius 2 is 1.88 bits per heavy atom. The number of aliphatic hydroxyl groups excluding tert-OH is 1. The Kier molecular flexibility index (Phi) is 8.83. The Bertz CT molecular complexity index is 1210. The highest BCUT2D eigenvalue weighted by molar-refractivity contribution is 5.96. The SMILES string of the molecule is CC(C)[C@H]1C[C@@](CCNC(=O)CO/N=C2\C=C3CC[C@H]4[C@@H]5CC[C@H](O)[C@@]5(C)CC[C@@H]4[C@@]3(C)CC2)(c2ccccc2)CCO1. The number of oxime groups is 1. The number of allylic oxidation sites excluding steroid dienone is 2. The van der Waals surface area contributed by atoms with Gasteiger partial charge in [0.15, 0.2) is 6.61 Å². The summed E-state index contributed by atoms with van der Waals surface area (Å²) in [5, 5.41) is 18.3. The van der Waals surface area contributed by atoms with Crippen molar-refractivity contribution in [3.8, 4) is 0 Å². The first-order valence-corrected chi connectivity index (χ1v) is 17.2. The van der Waals surface area contributed by atoms with Gasteiger partial charge >= 0.3 is 0 Å². The van der Waals surface area contributed by atoms with Crippen LogP contribution in [0, 0.1) is 34.5 Å². The van der Waals surface area contributed by atoms with E-state index in [1.54, 1.807) is 0 Å². The number of hydrogen-bond donors (Lipinski definition) is 2. The molecule has 2 N–H and O–H groups in total. The maximum absolute atomic E-state index is 12.8. The van der Waals surface area contributed by atoms with Crippen LogP contribution in [0.3, 0.4) is 0 Å². The molecule has 4 aliphatic carbocycles. The summed E-state index contributed by atoms with van der Waals surface area (Å²) >= 11 is 0. The lowest BCUT2D eigenvalue weighted by Gasteiger charge is -2.57. The average molecular weight is 591 g/mol. The van der Waals surface area contributed by atoms with Crippen LogP contribution in [-0.2, 0) is 19.8 Å². The van der Waals surface area contributed by atoms with Crippen molar-refractivity contribution in [3.05, 3.63) is 47.5 Å². The van der Waals surface area contributed by atoms with E-state index in [0.717, 1.165) is 69.6 Å². The summed E-state index contributed by atoms with van der Waals surface area (Å²) in [4.78, 5) is 18.4. The predicted octanol–water partition coefficient (Wildman–Crippen LogP) is 6.96. The third-order valence-corrected chi connectivity index (χ3v) is 12.9. The summed E-state index contributed by atoms with van der Waals surface area (Å²) in [5.41, 5.74) is 4.20. The van der Waals surface area contributed by atoms with Crippen molar-refractivity contribution in [3.63, 3.8) is 0 Å². The van der Waals surface area contributed by atoms with Crippen molar-refractivity contribution in [2.45, 2.75) is 116 Å². The summed E-state index contributed by atoms with van der Waals surface area (Å²) in [7, 11) is 0. The monoisotopic (exact) mass is 590 g/mol. The van der Waals surface area contributed by atoms with E-state index in [9.17, 15) is 9.90 Å². The van der Waals surface area contributed by atoms with Gasteiger partial charge in [-0.1, -0.05) is 68.8 Å². The number of amides is 1. The topological polar surface area (TPSA) is 80.2 Å². The Labute approximate surface area is 259 Å². The minimum absolute atomic E-state index is 0.0112. The minimum Gasteiger partial charge on any atom is -0.393 e. The molecule has 5 aliphatic rings. The van der Waals surface area contributed by atoms with Crippen molar-refractivity contribution in [1.29, 1.82) is 0 Å². The quantitative estimate of drug-likeness (QED) is 0.321. The Morgan fingerprint density at radius 3 is 2.67 bits per heavy atom. The second-order valence-corrected chi connectivity index (χ2v) is 15.3. The van der Waals surface area contributed by atoms with Gasteiger partial charge in [0.2, 0.25) is 0 Å². The average Bonchev–Trinajstić information content (AvgIpc) is 3.31. The van der Waals surface area contributed by atoms with Crippen molar-refractivity contribution >= 4 is 11.6 Å². The van der Waals surface area contributed by atoms with E-state index >= 15 is 0 Å². The van der Waals surface area contributed by atoms with Gasteiger partial charge in [0.05, 0.1) is 17.9 Å². The van der Waals surface area contributed by atoms with Crippen molar-refractivity contribution in [1.82, 2.24) is 5.32 Å². The molecule has 1 amide bonds. The maximum Gasteiger partial charge on any atom is 0.260 e. The van der Waals surface area contributed by atoms with Gasteiger partial charge in [-0.25, -0.2) is 0 Å². The lowest BCUT2D eigenvalue weighted by molar-refractivity contribution is -0.125. The third-order valence-electron chi connectivity index (χ3n) is 12.9. The number of ether oxygens (including phenoxy) is 1. The highest BCUT2D eigenvalue weighted by Crippen LogP contribution is 2.65. The van der Waals surface area contributed by atoms with Gasteiger partial charge in [0.1, 0.15) is 0 Å². The van der Waals surface area contributed by atoms with Gasteiger partial charge in [-0.2, -0.15) is 0 Å². The lowest BCUT2D eigenvalue weighted by atomic mass is 9.47. The number of rotatable bonds is 8. The van der Waals surface area contributed by atoms with Crippen LogP contribution in [0.5, 0.6) is 0 Å². The highest BCUT2D eigenvalue weighted by atomic mass is 16.6. The predicted molar refractivity (Wildman–Crippen MR) is 171 cm³/mol. The molecule has 43 heavy (non-hydrogen) atoms. The molecule has 1 aromatic carbocycles. The van der Waals surface area contributed by atoms with Crippen LogP contribution in [0.4, 0.5) is 0 Å². The Balaban J connectivity index is 1.02. The van der Waals surface area contributed by atoms with E-state index in [1.165, 1.54) is 30.4 Å². The van der Waals surface area contributed by atoms with E-state index in [-0.39, 0.29) is 41.0 Å². The summed E-state index contributed by atoms with van der Waals surface area (Å²) in [6.07, 6.45) is 14.1. The third kappa shape index (κ3) is 5.83. The number of aliphatic hydroxyl groups is 1. The molecule has 236 valence electrons. The standard InChI is InChI=1S/C37H54N2O4/c1-25(2)32-23-37(19-21-42-32,26-8-6-5-7-9-26)18-20-38-34(41)24-43-39-28-14-16-35(3)27(22-28)10-11-29-30-12-13-33(40)36(30,4)17-15-31(29)35/h5-9,22,25,29-33,40H,10-21,23-24H2,1-4H3,(H,38,41)/b39-28-/t29-,30-,31-,32+,33-,35-,36-,37-/m0/s1. The zero-order chi connectivity index (χ0) is 30.2. The van der Waals surface area contributed by atoms with Gasteiger partial charge in [-0.3, -0.25) is 4.79 Å². The Morgan fingerprint density at radius 1 is 1.07 bits per heavy atom. The number of carbonyl (C=O) groups is 1. The van der Waals surface area contributed by atoms with E-state index in [4.69, 9.17) is 9.57 Å². The second kappa shape index (κ2) is 12.3. The fourth-order valence-corrected chi connectivity index (χ4v) is 10.1. The molecular weight excluding hydrogens is 536 g/mol. The van der Waals surface area contributed by atoms with Gasteiger partial charge in [-0.05, 0) is 117 Å². The molecule has 1 aromatic rings. The molecule has 6 rings (SSSR count). The number of nitrogens with zero attached hydrogens (tertiary/aromatic N) is 1. The molecule has 0 unspecified atom stereocenters. The number of carbonyl (C=O) groups excluding carboxylic acids is 1. The molecule has 4 fully saturated rings. The van der Waals surface area contributed by atoms with E-state index in [1.807, 2.05) is 0 Å². The summed E-state index contributed by atoms with van der Waals surface area (Å²) < 4.78 is 6.11. The normalized spacial score (nSPS) is 39.9. The lowest BCUT2D eigenvalue weighted by Crippen LogP contribution is -2.51. The molecular formula is C37H54N2O4. The number of nitrogens with one attached hydrogen (secondary N) is 1. The fraction of sp³-hybridized carbons (Fsp3) is 0.730. The van der Waals surface area contributed by atoms with Crippen molar-refractivity contribution in [2.24, 2.45) is 39.7 Å². The molecule has 6 nitrogen and oxygen atoms in total. The van der Waals surface area contributed by atoms with Crippen LogP contribution in [0.1, 0.15) is 104 Å². The number of fused-ring (bicyclic) bond motifs is 5. The molecule has 0 aromatic heterocycles. The number of hydrogen-bond acceptors (Lipinski definition) is 5. The Hall–Kier alpha value is -2.18. The molecule has 8 atom stereocenters. The van der Waals surface area contributed by atoms with Crippen molar-refractivity contribution < 1.29 is 19.5 Å². The molecule has 0 bridgehead atoms. The van der Waals surface area contributed by atoms with Crippen LogP contribution in [0.25, 0.3) is 0 Å². The first-order valence-electron chi connectivity index (χ1n) is 17.2. The number of benzene rings is 1. The van der Waals surface area contributed by atoms with E-state index < -0.39 is 0 Å². The van der Waals surface area contributed by atoms with Crippen molar-refractivity contribution in [2.75, 3.05) is 19.8 Å². The second-order valence-electron chi connectivity index (χ2n) is 15.3. The molecule has 0 radical (unpaired) electrons. The fourth-order valence-electron chi connectivity index (χ4n) is 10.1. The van der Waals surface area contributed by atoms with Gasteiger partial charge in [0, 0.05) is 18.6 Å². The molecule has 0 spiro atoms. The van der Waals surface area contributed by atoms with Gasteiger partial charge in [-0.15, -0.1) is 0 Å². The van der Waals surface area contributed by atoms with E-state index in [2.05, 4.69) is 74.6 Å². The molecule has 1 heterocycles. The van der Waals surface area contributed by atoms with Crippen LogP contribution in [0.15, 0.2) is 47.1 Å². The van der Waals surface area contributed by atoms with Gasteiger partial charge < -0.3 is 20.0 Å². The van der Waals surface area contributed by atoms with Crippen LogP contribution in [-0.4, -0.2) is 48.7 Å². The molecule has 6 heteroatoms. The summed E-state index contributed by atoms with van der Waals surface area (Å²) in [6, 6.07) is 10.7. The van der Waals surface area contributed by atoms with Gasteiger partial charge in [0.25, 0.3) is 5.91 Å². The minimum atomic E-state index is -0.119. The van der Waals surface area contributed by atoms with Crippen LogP contribution < -0.4 is 5.32 Å². The largest absolute Gasteiger partial charge is 0.393 e. The van der Waals surface area contributed by atoms with E-state index in [0.29, 0.717) is 24.3 Å². The smallest absolute Gasteiger partial charge is 0.260 e. The maximum atomic E-state index is 12.8. The summed E-state index contributed by atoms with van der Waals surface area (Å²) in [6.45, 7) is 10.6. The van der Waals surface area contributed by atoms with Crippen LogP contribution in [0.2, 0.25) is 0 Å². The highest BCUT2D eigenvalue weighted by Gasteiger charge is 2.58. The molecule has 3 saturated carbocycles. The zero-order valence-electron chi connectivity index (χ0n) is 26.9. The summed E-state index contributed by atoms with van der Waals surface area (Å²) in [5.74, 6) is 2.46. The molecule has 1 saturated heterocycles. The molecule has 1 aliphatic heterocycles. The first-order chi connectivity index (χ1) is 20.6. The first kappa shape index (κ1) is 30.8.